The van der Waals surface area contributed by atoms with E-state index in [0.717, 1.165) is 19.3 Å². The van der Waals surface area contributed by atoms with E-state index in [-0.39, 0.29) is 5.92 Å². The topological polar surface area (TPSA) is 34.1 Å². The summed E-state index contributed by atoms with van der Waals surface area (Å²) < 4.78 is 21.6. The van der Waals surface area contributed by atoms with Crippen molar-refractivity contribution in [3.63, 3.8) is 0 Å². The van der Waals surface area contributed by atoms with Crippen molar-refractivity contribution < 1.29 is 8.42 Å². The van der Waals surface area contributed by atoms with Crippen molar-refractivity contribution in [2.75, 3.05) is 0 Å². The van der Waals surface area contributed by atoms with Crippen LogP contribution in [0.3, 0.4) is 0 Å². The van der Waals surface area contributed by atoms with Crippen LogP contribution in [0.5, 0.6) is 0 Å². The molecule has 1 saturated carbocycles. The van der Waals surface area contributed by atoms with Gasteiger partial charge in [-0.25, -0.2) is 8.42 Å². The molecule has 1 atom stereocenters. The van der Waals surface area contributed by atoms with Gasteiger partial charge in [-0.15, -0.1) is 0 Å². The van der Waals surface area contributed by atoms with Crippen molar-refractivity contribution in [2.45, 2.75) is 37.9 Å². The van der Waals surface area contributed by atoms with E-state index >= 15 is 0 Å². The summed E-state index contributed by atoms with van der Waals surface area (Å²) in [5.74, 6) is 0.199. The van der Waals surface area contributed by atoms with Crippen molar-refractivity contribution >= 4 is 19.7 Å². The van der Waals surface area contributed by atoms with Crippen molar-refractivity contribution in [3.05, 3.63) is 0 Å². The number of hydrogen-bond acceptors (Lipinski definition) is 2. The molecule has 0 amide bonds. The van der Waals surface area contributed by atoms with Crippen molar-refractivity contribution in [2.24, 2.45) is 5.92 Å². The maximum absolute atomic E-state index is 11.1. The first-order valence-electron chi connectivity index (χ1n) is 3.88. The Kier molecular flexibility index (Phi) is 2.23. The summed E-state index contributed by atoms with van der Waals surface area (Å²) in [5.41, 5.74) is 0. The second-order valence-corrected chi connectivity index (χ2v) is 6.22. The molecular formula is C7H13ClO2S. The SMILES string of the molecule is CCC(C)C1(S(=O)(=O)Cl)CC1. The van der Waals surface area contributed by atoms with E-state index in [4.69, 9.17) is 10.7 Å². The zero-order valence-electron chi connectivity index (χ0n) is 6.80. The van der Waals surface area contributed by atoms with Gasteiger partial charge in [0.25, 0.3) is 0 Å². The zero-order valence-corrected chi connectivity index (χ0v) is 8.37. The minimum atomic E-state index is -3.33. The Hall–Kier alpha value is 0.240. The van der Waals surface area contributed by atoms with Crippen LogP contribution in [0.2, 0.25) is 0 Å². The Morgan fingerprint density at radius 3 is 2.09 bits per heavy atom. The predicted octanol–water partition coefficient (Wildman–Crippen LogP) is 2.13. The molecule has 0 N–H and O–H groups in total. The minimum absolute atomic E-state index is 0.199. The molecule has 1 rings (SSSR count). The lowest BCUT2D eigenvalue weighted by atomic mass is 10.0. The highest BCUT2D eigenvalue weighted by Gasteiger charge is 2.56. The molecular weight excluding hydrogens is 184 g/mol. The van der Waals surface area contributed by atoms with Gasteiger partial charge in [0.2, 0.25) is 9.05 Å². The van der Waals surface area contributed by atoms with Crippen molar-refractivity contribution in [1.82, 2.24) is 0 Å². The Balaban J connectivity index is 2.85. The van der Waals surface area contributed by atoms with Gasteiger partial charge >= 0.3 is 0 Å². The summed E-state index contributed by atoms with van der Waals surface area (Å²) in [6.07, 6.45) is 2.37. The lowest BCUT2D eigenvalue weighted by Gasteiger charge is -2.17. The molecule has 0 bridgehead atoms. The molecule has 1 aliphatic rings. The molecule has 0 aromatic carbocycles. The van der Waals surface area contributed by atoms with Gasteiger partial charge in [0.1, 0.15) is 0 Å². The molecule has 11 heavy (non-hydrogen) atoms. The minimum Gasteiger partial charge on any atom is -0.212 e. The van der Waals surface area contributed by atoms with E-state index in [0.29, 0.717) is 0 Å². The summed E-state index contributed by atoms with van der Waals surface area (Å²) in [5, 5.41) is 0. The lowest BCUT2D eigenvalue weighted by Crippen LogP contribution is -2.26. The molecule has 0 aromatic rings. The fraction of sp³-hybridized carbons (Fsp3) is 1.00. The number of halogens is 1. The van der Waals surface area contributed by atoms with E-state index in [9.17, 15) is 8.42 Å². The van der Waals surface area contributed by atoms with Gasteiger partial charge in [0.15, 0.2) is 0 Å². The summed E-state index contributed by atoms with van der Waals surface area (Å²) in [6, 6.07) is 0. The smallest absolute Gasteiger partial charge is 0.212 e. The maximum Gasteiger partial charge on any atom is 0.238 e. The van der Waals surface area contributed by atoms with Crippen LogP contribution >= 0.6 is 10.7 Å². The van der Waals surface area contributed by atoms with Crippen LogP contribution in [0.1, 0.15) is 33.1 Å². The van der Waals surface area contributed by atoms with Gasteiger partial charge in [-0.2, -0.15) is 0 Å². The van der Waals surface area contributed by atoms with Crippen LogP contribution in [-0.2, 0) is 9.05 Å². The monoisotopic (exact) mass is 196 g/mol. The molecule has 4 heteroatoms. The van der Waals surface area contributed by atoms with Crippen LogP contribution in [0.15, 0.2) is 0 Å². The molecule has 1 fully saturated rings. The molecule has 0 spiro atoms. The standard InChI is InChI=1S/C7H13ClO2S/c1-3-6(2)7(4-5-7)11(8,9)10/h6H,3-5H2,1-2H3. The largest absolute Gasteiger partial charge is 0.238 e. The second kappa shape index (κ2) is 2.63. The quantitative estimate of drug-likeness (QED) is 0.649. The third-order valence-electron chi connectivity index (χ3n) is 2.74. The molecule has 0 aliphatic heterocycles. The summed E-state index contributed by atoms with van der Waals surface area (Å²) >= 11 is 0. The Labute approximate surface area is 72.4 Å². The average molecular weight is 197 g/mol. The van der Waals surface area contributed by atoms with E-state index in [2.05, 4.69) is 0 Å². The van der Waals surface area contributed by atoms with Crippen LogP contribution in [0.25, 0.3) is 0 Å². The van der Waals surface area contributed by atoms with Crippen LogP contribution in [0.4, 0.5) is 0 Å². The summed E-state index contributed by atoms with van der Waals surface area (Å²) in [4.78, 5) is 0. The van der Waals surface area contributed by atoms with Gasteiger partial charge in [-0.3, -0.25) is 0 Å². The van der Waals surface area contributed by atoms with Gasteiger partial charge in [0, 0.05) is 10.7 Å². The fourth-order valence-electron chi connectivity index (χ4n) is 1.47. The average Bonchev–Trinajstić information content (AvgIpc) is 2.63. The molecule has 1 aliphatic carbocycles. The second-order valence-electron chi connectivity index (χ2n) is 3.31. The Morgan fingerprint density at radius 2 is 2.00 bits per heavy atom. The first kappa shape index (κ1) is 9.33. The third-order valence-corrected chi connectivity index (χ3v) is 5.44. The highest BCUT2D eigenvalue weighted by molar-refractivity contribution is 8.15. The van der Waals surface area contributed by atoms with Crippen molar-refractivity contribution in [1.29, 1.82) is 0 Å². The molecule has 1 unspecified atom stereocenters. The molecule has 2 nitrogen and oxygen atoms in total. The molecule has 0 saturated heterocycles. The molecule has 0 heterocycles. The Bertz CT molecular complexity index is 241. The summed E-state index contributed by atoms with van der Waals surface area (Å²) in [6.45, 7) is 3.94. The first-order valence-corrected chi connectivity index (χ1v) is 6.19. The number of rotatable bonds is 3. The number of hydrogen-bond donors (Lipinski definition) is 0. The van der Waals surface area contributed by atoms with Gasteiger partial charge in [0.05, 0.1) is 4.75 Å². The Morgan fingerprint density at radius 1 is 1.55 bits per heavy atom. The van der Waals surface area contributed by atoms with E-state index in [1.807, 2.05) is 13.8 Å². The zero-order chi connectivity index (χ0) is 8.70. The van der Waals surface area contributed by atoms with Crippen LogP contribution in [0, 0.1) is 5.92 Å². The third kappa shape index (κ3) is 1.41. The lowest BCUT2D eigenvalue weighted by molar-refractivity contribution is 0.490. The maximum atomic E-state index is 11.1. The summed E-state index contributed by atoms with van der Waals surface area (Å²) in [7, 11) is 2.00. The van der Waals surface area contributed by atoms with Gasteiger partial charge in [-0.05, 0) is 18.8 Å². The van der Waals surface area contributed by atoms with Crippen LogP contribution in [-0.4, -0.2) is 13.2 Å². The van der Waals surface area contributed by atoms with Crippen molar-refractivity contribution in [3.8, 4) is 0 Å². The highest BCUT2D eigenvalue weighted by atomic mass is 35.7. The van der Waals surface area contributed by atoms with E-state index in [1.54, 1.807) is 0 Å². The van der Waals surface area contributed by atoms with Crippen LogP contribution < -0.4 is 0 Å². The van der Waals surface area contributed by atoms with E-state index in [1.165, 1.54) is 0 Å². The fourth-order valence-corrected chi connectivity index (χ4v) is 3.63. The van der Waals surface area contributed by atoms with Gasteiger partial charge < -0.3 is 0 Å². The van der Waals surface area contributed by atoms with Gasteiger partial charge in [-0.1, -0.05) is 20.3 Å². The molecule has 0 aromatic heterocycles. The molecule has 0 radical (unpaired) electrons. The predicted molar refractivity (Wildman–Crippen MR) is 46.2 cm³/mol. The van der Waals surface area contributed by atoms with E-state index < -0.39 is 13.8 Å². The first-order chi connectivity index (χ1) is 4.94. The normalized spacial score (nSPS) is 24.6. The molecule has 66 valence electrons. The highest BCUT2D eigenvalue weighted by Crippen LogP contribution is 2.52.